The molecule has 96 valence electrons. The SMILES string of the molecule is Cc1nccc(CNCc2c(C)nn(C)c2C)n1. The van der Waals surface area contributed by atoms with Gasteiger partial charge in [-0.05, 0) is 26.8 Å². The maximum atomic E-state index is 4.40. The highest BCUT2D eigenvalue weighted by Crippen LogP contribution is 2.11. The molecule has 0 aromatic carbocycles. The molecule has 0 saturated heterocycles. The standard InChI is InChI=1S/C13H19N5/c1-9-13(10(2)18(4)17-9)8-14-7-12-5-6-15-11(3)16-12/h5-6,14H,7-8H2,1-4H3. The van der Waals surface area contributed by atoms with Gasteiger partial charge in [0.25, 0.3) is 0 Å². The maximum Gasteiger partial charge on any atom is 0.125 e. The number of nitrogens with zero attached hydrogens (tertiary/aromatic N) is 4. The number of hydrogen-bond donors (Lipinski definition) is 1. The van der Waals surface area contributed by atoms with Gasteiger partial charge in [-0.25, -0.2) is 9.97 Å². The molecule has 18 heavy (non-hydrogen) atoms. The molecule has 5 nitrogen and oxygen atoms in total. The van der Waals surface area contributed by atoms with Crippen molar-refractivity contribution < 1.29 is 0 Å². The molecule has 1 N–H and O–H groups in total. The van der Waals surface area contributed by atoms with E-state index >= 15 is 0 Å². The van der Waals surface area contributed by atoms with E-state index in [0.29, 0.717) is 0 Å². The number of aromatic nitrogens is 4. The van der Waals surface area contributed by atoms with Gasteiger partial charge in [0.1, 0.15) is 5.82 Å². The normalized spacial score (nSPS) is 10.9. The first-order valence-electron chi connectivity index (χ1n) is 6.06. The smallest absolute Gasteiger partial charge is 0.125 e. The van der Waals surface area contributed by atoms with Crippen LogP contribution in [0.4, 0.5) is 0 Å². The van der Waals surface area contributed by atoms with Crippen LogP contribution < -0.4 is 5.32 Å². The highest BCUT2D eigenvalue weighted by molar-refractivity contribution is 5.24. The zero-order chi connectivity index (χ0) is 13.1. The average Bonchev–Trinajstić information content (AvgIpc) is 2.56. The van der Waals surface area contributed by atoms with Gasteiger partial charge in [-0.15, -0.1) is 0 Å². The van der Waals surface area contributed by atoms with Gasteiger partial charge in [0, 0.05) is 37.6 Å². The maximum absolute atomic E-state index is 4.40. The lowest BCUT2D eigenvalue weighted by atomic mass is 10.2. The number of rotatable bonds is 4. The van der Waals surface area contributed by atoms with Crippen LogP contribution in [0, 0.1) is 20.8 Å². The van der Waals surface area contributed by atoms with Gasteiger partial charge >= 0.3 is 0 Å². The third-order valence-corrected chi connectivity index (χ3v) is 3.10. The summed E-state index contributed by atoms with van der Waals surface area (Å²) in [7, 11) is 1.97. The first kappa shape index (κ1) is 12.7. The van der Waals surface area contributed by atoms with Crippen molar-refractivity contribution in [2.75, 3.05) is 0 Å². The summed E-state index contributed by atoms with van der Waals surface area (Å²) in [4.78, 5) is 8.45. The van der Waals surface area contributed by atoms with Gasteiger partial charge in [0.05, 0.1) is 11.4 Å². The number of hydrogen-bond acceptors (Lipinski definition) is 4. The highest BCUT2D eigenvalue weighted by atomic mass is 15.3. The van der Waals surface area contributed by atoms with Crippen molar-refractivity contribution in [3.05, 3.63) is 40.7 Å². The van der Waals surface area contributed by atoms with Crippen molar-refractivity contribution in [2.45, 2.75) is 33.9 Å². The topological polar surface area (TPSA) is 55.6 Å². The highest BCUT2D eigenvalue weighted by Gasteiger charge is 2.08. The van der Waals surface area contributed by atoms with E-state index < -0.39 is 0 Å². The van der Waals surface area contributed by atoms with E-state index in [2.05, 4.69) is 27.3 Å². The fourth-order valence-electron chi connectivity index (χ4n) is 1.99. The van der Waals surface area contributed by atoms with Crippen LogP contribution in [0.5, 0.6) is 0 Å². The first-order valence-corrected chi connectivity index (χ1v) is 6.06. The van der Waals surface area contributed by atoms with Crippen LogP contribution >= 0.6 is 0 Å². The molecule has 0 unspecified atom stereocenters. The van der Waals surface area contributed by atoms with Crippen LogP contribution in [0.2, 0.25) is 0 Å². The summed E-state index contributed by atoms with van der Waals surface area (Å²) >= 11 is 0. The Morgan fingerprint density at radius 3 is 2.61 bits per heavy atom. The zero-order valence-electron chi connectivity index (χ0n) is 11.4. The quantitative estimate of drug-likeness (QED) is 0.885. The summed E-state index contributed by atoms with van der Waals surface area (Å²) in [5.74, 6) is 0.808. The van der Waals surface area contributed by atoms with E-state index in [1.165, 1.54) is 11.3 Å². The molecule has 2 aromatic rings. The van der Waals surface area contributed by atoms with Gasteiger partial charge in [-0.2, -0.15) is 5.10 Å². The van der Waals surface area contributed by atoms with Crippen molar-refractivity contribution in [3.8, 4) is 0 Å². The first-order chi connectivity index (χ1) is 8.58. The molecule has 2 heterocycles. The molecule has 0 spiro atoms. The lowest BCUT2D eigenvalue weighted by molar-refractivity contribution is 0.668. The molecular weight excluding hydrogens is 226 g/mol. The Bertz CT molecular complexity index is 544. The van der Waals surface area contributed by atoms with E-state index in [0.717, 1.165) is 30.3 Å². The van der Waals surface area contributed by atoms with E-state index in [1.807, 2.05) is 31.6 Å². The molecule has 0 aliphatic carbocycles. The minimum Gasteiger partial charge on any atom is -0.307 e. The van der Waals surface area contributed by atoms with Crippen molar-refractivity contribution in [1.29, 1.82) is 0 Å². The van der Waals surface area contributed by atoms with Crippen LogP contribution in [0.15, 0.2) is 12.3 Å². The summed E-state index contributed by atoms with van der Waals surface area (Å²) < 4.78 is 1.92. The minimum atomic E-state index is 0.747. The van der Waals surface area contributed by atoms with Gasteiger partial charge in [0.2, 0.25) is 0 Å². The summed E-state index contributed by atoms with van der Waals surface area (Å²) in [5, 5.41) is 7.80. The van der Waals surface area contributed by atoms with Gasteiger partial charge in [-0.3, -0.25) is 4.68 Å². The predicted molar refractivity (Wildman–Crippen MR) is 70.0 cm³/mol. The molecule has 5 heteroatoms. The second-order valence-corrected chi connectivity index (χ2v) is 4.47. The molecule has 0 aliphatic rings. The third kappa shape index (κ3) is 2.73. The summed E-state index contributed by atoms with van der Waals surface area (Å²) in [6, 6.07) is 1.93. The Labute approximate surface area is 107 Å². The molecular formula is C13H19N5. The lowest BCUT2D eigenvalue weighted by Crippen LogP contribution is -2.15. The van der Waals surface area contributed by atoms with Gasteiger partial charge in [0.15, 0.2) is 0 Å². The fraction of sp³-hybridized carbons (Fsp3) is 0.462. The number of aryl methyl sites for hydroxylation is 3. The molecule has 0 atom stereocenters. The molecule has 0 saturated carbocycles. The fourth-order valence-corrected chi connectivity index (χ4v) is 1.99. The zero-order valence-corrected chi connectivity index (χ0v) is 11.4. The number of nitrogens with one attached hydrogen (secondary N) is 1. The molecule has 0 aliphatic heterocycles. The second kappa shape index (κ2) is 5.27. The van der Waals surface area contributed by atoms with Crippen molar-refractivity contribution >= 4 is 0 Å². The van der Waals surface area contributed by atoms with Crippen LogP contribution in [0.1, 0.15) is 28.5 Å². The van der Waals surface area contributed by atoms with Gasteiger partial charge < -0.3 is 5.32 Å². The van der Waals surface area contributed by atoms with Crippen molar-refractivity contribution in [1.82, 2.24) is 25.1 Å². The summed E-state index contributed by atoms with van der Waals surface area (Å²) in [6.07, 6.45) is 1.79. The summed E-state index contributed by atoms with van der Waals surface area (Å²) in [5.41, 5.74) is 4.57. The van der Waals surface area contributed by atoms with E-state index in [4.69, 9.17) is 0 Å². The van der Waals surface area contributed by atoms with Crippen LogP contribution in [-0.2, 0) is 20.1 Å². The van der Waals surface area contributed by atoms with Crippen LogP contribution in [-0.4, -0.2) is 19.7 Å². The Morgan fingerprint density at radius 1 is 1.22 bits per heavy atom. The Balaban J connectivity index is 1.96. The average molecular weight is 245 g/mol. The van der Waals surface area contributed by atoms with E-state index in [-0.39, 0.29) is 0 Å². The molecule has 2 rings (SSSR count). The van der Waals surface area contributed by atoms with Gasteiger partial charge in [-0.1, -0.05) is 0 Å². The van der Waals surface area contributed by atoms with Crippen molar-refractivity contribution in [2.24, 2.45) is 7.05 Å². The van der Waals surface area contributed by atoms with Crippen LogP contribution in [0.3, 0.4) is 0 Å². The molecule has 0 amide bonds. The Kier molecular flexibility index (Phi) is 3.72. The second-order valence-electron chi connectivity index (χ2n) is 4.47. The Morgan fingerprint density at radius 2 is 2.00 bits per heavy atom. The largest absolute Gasteiger partial charge is 0.307 e. The molecule has 0 fully saturated rings. The van der Waals surface area contributed by atoms with Crippen molar-refractivity contribution in [3.63, 3.8) is 0 Å². The summed E-state index contributed by atoms with van der Waals surface area (Å²) in [6.45, 7) is 7.59. The minimum absolute atomic E-state index is 0.747. The molecule has 2 aromatic heterocycles. The monoisotopic (exact) mass is 245 g/mol. The third-order valence-electron chi connectivity index (χ3n) is 3.10. The Hall–Kier alpha value is -1.75. The van der Waals surface area contributed by atoms with Crippen LogP contribution in [0.25, 0.3) is 0 Å². The predicted octanol–water partition coefficient (Wildman–Crippen LogP) is 1.43. The lowest BCUT2D eigenvalue weighted by Gasteiger charge is -2.05. The molecule has 0 radical (unpaired) electrons. The van der Waals surface area contributed by atoms with E-state index in [9.17, 15) is 0 Å². The molecule has 0 bridgehead atoms. The van der Waals surface area contributed by atoms with E-state index in [1.54, 1.807) is 6.20 Å².